The van der Waals surface area contributed by atoms with Crippen LogP contribution in [0.2, 0.25) is 0 Å². The van der Waals surface area contributed by atoms with Crippen LogP contribution in [0.15, 0.2) is 10.5 Å². The predicted octanol–water partition coefficient (Wildman–Crippen LogP) is -0.111. The summed E-state index contributed by atoms with van der Waals surface area (Å²) in [5.74, 6) is 1.17. The number of hydrogen-bond acceptors (Lipinski definition) is 6. The van der Waals surface area contributed by atoms with Crippen LogP contribution in [0.25, 0.3) is 0 Å². The number of anilines is 1. The number of amides is 1. The van der Waals surface area contributed by atoms with Crippen molar-refractivity contribution in [2.45, 2.75) is 0 Å². The smallest absolute Gasteiger partial charge is 0.294 e. The van der Waals surface area contributed by atoms with Gasteiger partial charge in [-0.3, -0.25) is 10.5 Å². The van der Waals surface area contributed by atoms with E-state index >= 15 is 0 Å². The zero-order valence-corrected chi connectivity index (χ0v) is 8.37. The Balaban J connectivity index is 2.89. The van der Waals surface area contributed by atoms with E-state index in [-0.39, 0.29) is 23.1 Å². The molecule has 0 saturated heterocycles. The Morgan fingerprint density at radius 3 is 3.07 bits per heavy atom. The van der Waals surface area contributed by atoms with Crippen LogP contribution < -0.4 is 11.5 Å². The van der Waals surface area contributed by atoms with Crippen molar-refractivity contribution in [3.63, 3.8) is 0 Å². The maximum atomic E-state index is 10.9. The molecule has 1 heterocycles. The van der Waals surface area contributed by atoms with Gasteiger partial charge in [-0.1, -0.05) is 11.1 Å². The van der Waals surface area contributed by atoms with Crippen molar-refractivity contribution < 1.29 is 9.63 Å². The lowest BCUT2D eigenvalue weighted by Gasteiger charge is -1.96. The summed E-state index contributed by atoms with van der Waals surface area (Å²) in [6, 6.07) is 0. The number of thiazole rings is 1. The van der Waals surface area contributed by atoms with Crippen LogP contribution in [-0.4, -0.2) is 23.2 Å². The normalized spacial score (nSPS) is 10.7. The highest BCUT2D eigenvalue weighted by molar-refractivity contribution is 7.13. The summed E-state index contributed by atoms with van der Waals surface area (Å²) in [5.41, 5.74) is 12.3. The Morgan fingerprint density at radius 2 is 2.60 bits per heavy atom. The molecule has 0 spiro atoms. The van der Waals surface area contributed by atoms with Crippen LogP contribution >= 0.6 is 11.3 Å². The van der Waals surface area contributed by atoms with Gasteiger partial charge in [0.25, 0.3) is 5.91 Å². The van der Waals surface area contributed by atoms with Crippen molar-refractivity contribution in [1.29, 1.82) is 0 Å². The first-order chi connectivity index (χ1) is 7.15. The highest BCUT2D eigenvalue weighted by atomic mass is 32.1. The summed E-state index contributed by atoms with van der Waals surface area (Å²) in [7, 11) is 0. The summed E-state index contributed by atoms with van der Waals surface area (Å²) in [5, 5.41) is 5.22. The van der Waals surface area contributed by atoms with Gasteiger partial charge in [0, 0.05) is 5.38 Å². The lowest BCUT2D eigenvalue weighted by molar-refractivity contribution is -0.112. The van der Waals surface area contributed by atoms with Gasteiger partial charge in [-0.05, 0) is 0 Å². The van der Waals surface area contributed by atoms with Gasteiger partial charge in [0.2, 0.25) is 0 Å². The van der Waals surface area contributed by atoms with Crippen LogP contribution in [0.1, 0.15) is 5.69 Å². The van der Waals surface area contributed by atoms with Crippen LogP contribution in [0.4, 0.5) is 5.13 Å². The molecule has 1 aromatic heterocycles. The molecule has 0 saturated carbocycles. The minimum absolute atomic E-state index is 0.0730. The molecule has 0 aromatic carbocycles. The van der Waals surface area contributed by atoms with Gasteiger partial charge in [-0.15, -0.1) is 17.8 Å². The molecule has 1 radical (unpaired) electrons. The Labute approximate surface area is 89.9 Å². The lowest BCUT2D eigenvalue weighted by atomic mass is 10.3. The SMILES string of the molecule is C#CCO/N=C(/C([NH])=O)c1csc(N)n1. The second-order valence-corrected chi connectivity index (χ2v) is 3.21. The molecule has 7 heteroatoms. The maximum Gasteiger partial charge on any atom is 0.294 e. The quantitative estimate of drug-likeness (QED) is 0.333. The predicted molar refractivity (Wildman–Crippen MR) is 56.0 cm³/mol. The summed E-state index contributed by atoms with van der Waals surface area (Å²) in [6.07, 6.45) is 4.92. The van der Waals surface area contributed by atoms with Crippen LogP contribution in [-0.2, 0) is 9.63 Å². The van der Waals surface area contributed by atoms with E-state index in [9.17, 15) is 4.79 Å². The van der Waals surface area contributed by atoms with Crippen molar-refractivity contribution in [3.8, 4) is 12.3 Å². The zero-order chi connectivity index (χ0) is 11.3. The molecule has 1 amide bonds. The Morgan fingerprint density at radius 1 is 1.87 bits per heavy atom. The first-order valence-corrected chi connectivity index (χ1v) is 4.64. The van der Waals surface area contributed by atoms with E-state index in [0.717, 1.165) is 11.3 Å². The van der Waals surface area contributed by atoms with E-state index in [2.05, 4.69) is 20.9 Å². The first-order valence-electron chi connectivity index (χ1n) is 3.76. The largest absolute Gasteiger partial charge is 0.382 e. The Hall–Kier alpha value is -2.07. The molecule has 1 rings (SSSR count). The van der Waals surface area contributed by atoms with Gasteiger partial charge < -0.3 is 10.6 Å². The highest BCUT2D eigenvalue weighted by Crippen LogP contribution is 2.12. The van der Waals surface area contributed by atoms with Gasteiger partial charge in [0.1, 0.15) is 5.69 Å². The average molecular weight is 223 g/mol. The van der Waals surface area contributed by atoms with E-state index in [1.54, 1.807) is 0 Å². The third kappa shape index (κ3) is 2.96. The molecule has 0 aliphatic heterocycles. The summed E-state index contributed by atoms with van der Waals surface area (Å²) in [4.78, 5) is 19.3. The number of oxime groups is 1. The van der Waals surface area contributed by atoms with E-state index in [0.29, 0.717) is 0 Å². The van der Waals surface area contributed by atoms with Crippen molar-refractivity contribution in [1.82, 2.24) is 10.7 Å². The highest BCUT2D eigenvalue weighted by Gasteiger charge is 2.15. The van der Waals surface area contributed by atoms with Gasteiger partial charge in [-0.25, -0.2) is 4.98 Å². The van der Waals surface area contributed by atoms with E-state index in [1.165, 1.54) is 5.38 Å². The van der Waals surface area contributed by atoms with E-state index < -0.39 is 5.91 Å². The Bertz CT molecular complexity index is 432. The number of aromatic nitrogens is 1. The molecule has 0 unspecified atom stereocenters. The zero-order valence-electron chi connectivity index (χ0n) is 7.56. The van der Waals surface area contributed by atoms with E-state index in [1.807, 2.05) is 0 Å². The molecule has 0 atom stereocenters. The van der Waals surface area contributed by atoms with Gasteiger partial charge in [-0.2, -0.15) is 0 Å². The molecule has 0 aliphatic rings. The number of rotatable bonds is 4. The summed E-state index contributed by atoms with van der Waals surface area (Å²) < 4.78 is 0. The van der Waals surface area contributed by atoms with E-state index in [4.69, 9.17) is 17.9 Å². The number of nitrogens with zero attached hydrogens (tertiary/aromatic N) is 2. The summed E-state index contributed by atoms with van der Waals surface area (Å²) >= 11 is 1.14. The average Bonchev–Trinajstić information content (AvgIpc) is 2.59. The van der Waals surface area contributed by atoms with Crippen molar-refractivity contribution in [2.75, 3.05) is 12.3 Å². The van der Waals surface area contributed by atoms with Gasteiger partial charge in [0.05, 0.1) is 0 Å². The molecule has 0 fully saturated rings. The number of hydrogen-bond donors (Lipinski definition) is 1. The van der Waals surface area contributed by atoms with Crippen LogP contribution in [0.5, 0.6) is 0 Å². The Kier molecular flexibility index (Phi) is 3.65. The number of nitrogens with one attached hydrogen (secondary N) is 1. The number of carbonyl (C=O) groups excluding carboxylic acids is 1. The van der Waals surface area contributed by atoms with Crippen molar-refractivity contribution >= 4 is 28.1 Å². The molecule has 6 nitrogen and oxygen atoms in total. The molecular formula is C8H7N4O2S. The number of nitrogen functional groups attached to an aromatic ring is 1. The van der Waals surface area contributed by atoms with Gasteiger partial charge in [0.15, 0.2) is 17.5 Å². The fraction of sp³-hybridized carbons (Fsp3) is 0.125. The standard InChI is InChI=1S/C8H7N4O2S/c1-2-3-14-12-6(7(9)13)5-4-15-8(10)11-5/h1,4,9H,3H2,(H2,10,11)/b12-6+. The number of nitrogens with two attached hydrogens (primary N) is 1. The van der Waals surface area contributed by atoms with Crippen molar-refractivity contribution in [3.05, 3.63) is 11.1 Å². The molecule has 77 valence electrons. The first kappa shape index (κ1) is 11.0. The maximum absolute atomic E-state index is 10.9. The fourth-order valence-corrected chi connectivity index (χ4v) is 1.28. The lowest BCUT2D eigenvalue weighted by Crippen LogP contribution is -2.17. The molecular weight excluding hydrogens is 216 g/mol. The molecule has 3 N–H and O–H groups in total. The fourth-order valence-electron chi connectivity index (χ4n) is 0.735. The minimum Gasteiger partial charge on any atom is -0.382 e. The minimum atomic E-state index is -1.00. The second-order valence-electron chi connectivity index (χ2n) is 2.32. The molecule has 1 aromatic rings. The number of terminal acetylenes is 1. The second kappa shape index (κ2) is 4.97. The third-order valence-electron chi connectivity index (χ3n) is 1.28. The molecule has 0 aliphatic carbocycles. The van der Waals surface area contributed by atoms with Crippen LogP contribution in [0, 0.1) is 12.3 Å². The monoisotopic (exact) mass is 223 g/mol. The van der Waals surface area contributed by atoms with Crippen LogP contribution in [0.3, 0.4) is 0 Å². The molecule has 15 heavy (non-hydrogen) atoms. The van der Waals surface area contributed by atoms with Gasteiger partial charge >= 0.3 is 0 Å². The summed E-state index contributed by atoms with van der Waals surface area (Å²) in [6.45, 7) is -0.0730. The third-order valence-corrected chi connectivity index (χ3v) is 1.96. The van der Waals surface area contributed by atoms with Crippen molar-refractivity contribution in [2.24, 2.45) is 5.16 Å². The number of carbonyl (C=O) groups is 1. The molecule has 0 bridgehead atoms. The topological polar surface area (TPSA) is 101 Å².